The summed E-state index contributed by atoms with van der Waals surface area (Å²) in [4.78, 5) is 34.8. The lowest BCUT2D eigenvalue weighted by Gasteiger charge is -2.32. The van der Waals surface area contributed by atoms with Gasteiger partial charge in [0.2, 0.25) is 5.91 Å². The largest absolute Gasteiger partial charge is 0.416 e. The van der Waals surface area contributed by atoms with Gasteiger partial charge in [0.25, 0.3) is 0 Å². The molecule has 1 aliphatic rings. The van der Waals surface area contributed by atoms with E-state index < -0.39 is 11.7 Å². The van der Waals surface area contributed by atoms with Gasteiger partial charge in [0.05, 0.1) is 18.3 Å². The van der Waals surface area contributed by atoms with Crippen molar-refractivity contribution in [3.63, 3.8) is 0 Å². The monoisotopic (exact) mass is 547 g/mol. The quantitative estimate of drug-likeness (QED) is 0.408. The summed E-state index contributed by atoms with van der Waals surface area (Å²) < 4.78 is 39.1. The number of nitrogens with zero attached hydrogens (tertiary/aromatic N) is 2. The van der Waals surface area contributed by atoms with Crippen LogP contribution in [0.15, 0.2) is 65.5 Å². The number of alkyl halides is 3. The summed E-state index contributed by atoms with van der Waals surface area (Å²) in [5, 5.41) is 0. The zero-order valence-corrected chi connectivity index (χ0v) is 20.5. The van der Waals surface area contributed by atoms with E-state index >= 15 is 0 Å². The molecule has 1 aliphatic heterocycles. The first kappa shape index (κ1) is 25.2. The second kappa shape index (κ2) is 10.8. The van der Waals surface area contributed by atoms with E-state index in [-0.39, 0.29) is 29.9 Å². The van der Waals surface area contributed by atoms with Gasteiger partial charge in [-0.1, -0.05) is 46.3 Å². The van der Waals surface area contributed by atoms with Crippen molar-refractivity contribution in [2.75, 3.05) is 13.1 Å². The minimum atomic E-state index is -4.40. The van der Waals surface area contributed by atoms with Crippen LogP contribution in [0.4, 0.5) is 13.2 Å². The van der Waals surface area contributed by atoms with Crippen LogP contribution in [-0.2, 0) is 22.2 Å². The number of rotatable bonds is 7. The molecule has 1 atom stereocenters. The Balaban J connectivity index is 1.34. The number of aromatic nitrogens is 2. The molecule has 1 fully saturated rings. The molecule has 1 saturated heterocycles. The van der Waals surface area contributed by atoms with Crippen molar-refractivity contribution in [2.24, 2.45) is 5.92 Å². The van der Waals surface area contributed by atoms with E-state index in [9.17, 15) is 22.8 Å². The average Bonchev–Trinajstić information content (AvgIpc) is 3.37. The smallest absolute Gasteiger partial charge is 0.348 e. The van der Waals surface area contributed by atoms with Crippen molar-refractivity contribution in [3.05, 3.63) is 87.9 Å². The van der Waals surface area contributed by atoms with E-state index in [1.54, 1.807) is 17.4 Å². The second-order valence-corrected chi connectivity index (χ2v) is 9.63. The number of nitrogens with one attached hydrogen (secondary N) is 1. The number of imidazole rings is 1. The zero-order chi connectivity index (χ0) is 25.0. The van der Waals surface area contributed by atoms with Crippen LogP contribution in [0, 0.1) is 5.92 Å². The van der Waals surface area contributed by atoms with E-state index in [1.807, 2.05) is 24.3 Å². The van der Waals surface area contributed by atoms with Gasteiger partial charge in [-0.15, -0.1) is 0 Å². The maximum Gasteiger partial charge on any atom is 0.416 e. The predicted octanol–water partition coefficient (Wildman–Crippen LogP) is 5.76. The van der Waals surface area contributed by atoms with Gasteiger partial charge in [-0.05, 0) is 42.2 Å². The Hall–Kier alpha value is -2.94. The number of aromatic amines is 1. The number of hydrogen-bond donors (Lipinski definition) is 1. The fourth-order valence-electron chi connectivity index (χ4n) is 4.52. The van der Waals surface area contributed by atoms with Crippen LogP contribution in [0.2, 0.25) is 0 Å². The standard InChI is InChI=1S/C26H25BrF3N3O2/c27-22-4-2-1-3-20(22)21(23-15-31-16-32-23)14-24(34)18-9-11-33(12-10-18)25(35)13-17-5-7-19(8-6-17)26(28,29)30/h1-8,15-16,18,21H,9-14H2,(H,31,32). The van der Waals surface area contributed by atoms with Crippen LogP contribution >= 0.6 is 15.9 Å². The SMILES string of the molecule is O=C(CC(c1cnc[nH]1)c1ccccc1Br)C1CCN(C(=O)Cc2ccc(C(F)(F)F)cc2)CC1. The Morgan fingerprint density at radius 2 is 1.77 bits per heavy atom. The van der Waals surface area contributed by atoms with Crippen molar-refractivity contribution in [2.45, 2.75) is 37.8 Å². The maximum atomic E-state index is 13.2. The number of ketones is 1. The van der Waals surface area contributed by atoms with Crippen molar-refractivity contribution >= 4 is 27.6 Å². The molecule has 0 spiro atoms. The maximum absolute atomic E-state index is 13.2. The number of halogens is 4. The summed E-state index contributed by atoms with van der Waals surface area (Å²) in [6.45, 7) is 0.916. The lowest BCUT2D eigenvalue weighted by molar-refractivity contribution is -0.137. The van der Waals surface area contributed by atoms with E-state index in [0.717, 1.165) is 27.9 Å². The number of H-pyrrole nitrogens is 1. The van der Waals surface area contributed by atoms with Gasteiger partial charge in [0, 0.05) is 47.7 Å². The molecule has 0 saturated carbocycles. The molecule has 184 valence electrons. The number of carbonyl (C=O) groups is 2. The molecular formula is C26H25BrF3N3O2. The molecular weight excluding hydrogens is 523 g/mol. The molecule has 1 aromatic heterocycles. The third kappa shape index (κ3) is 6.20. The molecule has 0 aliphatic carbocycles. The van der Waals surface area contributed by atoms with E-state index in [0.29, 0.717) is 37.9 Å². The Bertz CT molecular complexity index is 1160. The minimum absolute atomic E-state index is 0.0423. The highest BCUT2D eigenvalue weighted by molar-refractivity contribution is 9.10. The van der Waals surface area contributed by atoms with Crippen LogP contribution in [0.5, 0.6) is 0 Å². The molecule has 9 heteroatoms. The first-order valence-corrected chi connectivity index (χ1v) is 12.2. The number of amides is 1. The molecule has 2 heterocycles. The van der Waals surface area contributed by atoms with E-state index in [1.165, 1.54) is 12.1 Å². The molecule has 5 nitrogen and oxygen atoms in total. The molecule has 3 aromatic rings. The number of benzene rings is 2. The third-order valence-corrected chi connectivity index (χ3v) is 7.24. The zero-order valence-electron chi connectivity index (χ0n) is 18.9. The summed E-state index contributed by atoms with van der Waals surface area (Å²) in [5.41, 5.74) is 1.68. The third-order valence-electron chi connectivity index (χ3n) is 6.52. The Labute approximate surface area is 209 Å². The Kier molecular flexibility index (Phi) is 7.74. The summed E-state index contributed by atoms with van der Waals surface area (Å²) >= 11 is 3.59. The number of carbonyl (C=O) groups excluding carboxylic acids is 2. The summed E-state index contributed by atoms with van der Waals surface area (Å²) in [6.07, 6.45) is 0.455. The van der Waals surface area contributed by atoms with Gasteiger partial charge in [-0.2, -0.15) is 13.2 Å². The summed E-state index contributed by atoms with van der Waals surface area (Å²) in [6, 6.07) is 12.5. The first-order chi connectivity index (χ1) is 16.7. The van der Waals surface area contributed by atoms with Crippen LogP contribution in [0.25, 0.3) is 0 Å². The fraction of sp³-hybridized carbons (Fsp3) is 0.346. The van der Waals surface area contributed by atoms with E-state index in [4.69, 9.17) is 0 Å². The average molecular weight is 548 g/mol. The minimum Gasteiger partial charge on any atom is -0.348 e. The molecule has 4 rings (SSSR count). The molecule has 1 N–H and O–H groups in total. The van der Waals surface area contributed by atoms with Crippen LogP contribution in [0.1, 0.15) is 47.6 Å². The lowest BCUT2D eigenvalue weighted by atomic mass is 9.84. The predicted molar refractivity (Wildman–Crippen MR) is 129 cm³/mol. The van der Waals surface area contributed by atoms with Gasteiger partial charge in [0.15, 0.2) is 0 Å². The molecule has 1 unspecified atom stereocenters. The molecule has 2 aromatic carbocycles. The molecule has 0 radical (unpaired) electrons. The topological polar surface area (TPSA) is 66.1 Å². The first-order valence-electron chi connectivity index (χ1n) is 11.4. The van der Waals surface area contributed by atoms with Gasteiger partial charge >= 0.3 is 6.18 Å². The van der Waals surface area contributed by atoms with Crippen molar-refractivity contribution in [3.8, 4) is 0 Å². The van der Waals surface area contributed by atoms with Gasteiger partial charge in [-0.3, -0.25) is 9.59 Å². The molecule has 0 bridgehead atoms. The Morgan fingerprint density at radius 1 is 1.09 bits per heavy atom. The fourth-order valence-corrected chi connectivity index (χ4v) is 5.08. The number of hydrogen-bond acceptors (Lipinski definition) is 3. The highest BCUT2D eigenvalue weighted by atomic mass is 79.9. The van der Waals surface area contributed by atoms with Crippen molar-refractivity contribution in [1.82, 2.24) is 14.9 Å². The summed E-state index contributed by atoms with van der Waals surface area (Å²) in [7, 11) is 0. The van der Waals surface area contributed by atoms with Crippen molar-refractivity contribution < 1.29 is 22.8 Å². The second-order valence-electron chi connectivity index (χ2n) is 8.78. The van der Waals surface area contributed by atoms with Gasteiger partial charge in [0.1, 0.15) is 5.78 Å². The van der Waals surface area contributed by atoms with Crippen LogP contribution < -0.4 is 0 Å². The number of piperidine rings is 1. The Morgan fingerprint density at radius 3 is 2.37 bits per heavy atom. The number of likely N-dealkylation sites (tertiary alicyclic amines) is 1. The lowest BCUT2D eigenvalue weighted by Crippen LogP contribution is -2.41. The van der Waals surface area contributed by atoms with Crippen LogP contribution in [0.3, 0.4) is 0 Å². The summed E-state index contributed by atoms with van der Waals surface area (Å²) in [5.74, 6) is -0.285. The molecule has 35 heavy (non-hydrogen) atoms. The van der Waals surface area contributed by atoms with Gasteiger partial charge in [-0.25, -0.2) is 4.98 Å². The normalized spacial score (nSPS) is 15.7. The van der Waals surface area contributed by atoms with E-state index in [2.05, 4.69) is 25.9 Å². The highest BCUT2D eigenvalue weighted by Crippen LogP contribution is 2.34. The number of Topliss-reactive ketones (excluding diaryl/α,β-unsaturated/α-hetero) is 1. The highest BCUT2D eigenvalue weighted by Gasteiger charge is 2.31. The molecule has 1 amide bonds. The van der Waals surface area contributed by atoms with Crippen LogP contribution in [-0.4, -0.2) is 39.6 Å². The van der Waals surface area contributed by atoms with Crippen molar-refractivity contribution in [1.29, 1.82) is 0 Å². The van der Waals surface area contributed by atoms with Gasteiger partial charge < -0.3 is 9.88 Å².